The summed E-state index contributed by atoms with van der Waals surface area (Å²) in [6.45, 7) is 5.81. The molecule has 1 atom stereocenters. The molecule has 19 heavy (non-hydrogen) atoms. The van der Waals surface area contributed by atoms with Gasteiger partial charge in [0.25, 0.3) is 0 Å². The average Bonchev–Trinajstić information content (AvgIpc) is 2.37. The van der Waals surface area contributed by atoms with E-state index in [1.54, 1.807) is 11.8 Å². The van der Waals surface area contributed by atoms with E-state index < -0.39 is 6.10 Å². The van der Waals surface area contributed by atoms with Gasteiger partial charge in [-0.15, -0.1) is 11.8 Å². The van der Waals surface area contributed by atoms with Crippen molar-refractivity contribution < 1.29 is 9.84 Å². The predicted octanol–water partition coefficient (Wildman–Crippen LogP) is 2.63. The van der Waals surface area contributed by atoms with Gasteiger partial charge in [0.2, 0.25) is 0 Å². The Balaban J connectivity index is 2.44. The fraction of sp³-hybridized carbons (Fsp3) is 0.600. The number of likely N-dealkylation sites (N-methyl/N-ethyl adjacent to an activating group) is 1. The zero-order valence-corrected chi connectivity index (χ0v) is 13.1. The molecule has 4 heteroatoms. The highest BCUT2D eigenvalue weighted by Crippen LogP contribution is 2.20. The van der Waals surface area contributed by atoms with Crippen LogP contribution in [0.3, 0.4) is 0 Å². The molecule has 1 rings (SSSR count). The summed E-state index contributed by atoms with van der Waals surface area (Å²) in [5, 5.41) is 9.90. The quantitative estimate of drug-likeness (QED) is 0.744. The molecule has 0 bridgehead atoms. The summed E-state index contributed by atoms with van der Waals surface area (Å²) in [6, 6.07) is 8.38. The van der Waals surface area contributed by atoms with Crippen molar-refractivity contribution in [3.63, 3.8) is 0 Å². The zero-order chi connectivity index (χ0) is 14.3. The van der Waals surface area contributed by atoms with Gasteiger partial charge in [-0.1, -0.05) is 18.2 Å². The van der Waals surface area contributed by atoms with Gasteiger partial charge in [-0.25, -0.2) is 0 Å². The van der Waals surface area contributed by atoms with E-state index in [1.165, 1.54) is 10.5 Å². The molecule has 108 valence electrons. The second-order valence-electron chi connectivity index (χ2n) is 5.04. The summed E-state index contributed by atoms with van der Waals surface area (Å²) >= 11 is 1.76. The Labute approximate surface area is 121 Å². The van der Waals surface area contributed by atoms with Crippen molar-refractivity contribution in [2.45, 2.75) is 37.5 Å². The van der Waals surface area contributed by atoms with Crippen LogP contribution in [0.5, 0.6) is 0 Å². The molecule has 0 aliphatic rings. The Morgan fingerprint density at radius 3 is 2.63 bits per heavy atom. The maximum absolute atomic E-state index is 9.90. The van der Waals surface area contributed by atoms with Gasteiger partial charge in [0.05, 0.1) is 18.8 Å². The molecule has 1 aromatic carbocycles. The Morgan fingerprint density at radius 1 is 1.32 bits per heavy atom. The van der Waals surface area contributed by atoms with Gasteiger partial charge in [0.1, 0.15) is 0 Å². The van der Waals surface area contributed by atoms with Crippen LogP contribution in [0.4, 0.5) is 0 Å². The first kappa shape index (κ1) is 16.5. The maximum Gasteiger partial charge on any atom is 0.0900 e. The Morgan fingerprint density at radius 2 is 2.00 bits per heavy atom. The minimum atomic E-state index is -0.436. The van der Waals surface area contributed by atoms with Crippen LogP contribution in [-0.4, -0.2) is 48.7 Å². The standard InChI is InChI=1S/C15H25NO2S/c1-12(2)18-11-14(17)10-16(3)9-13-7-5-6-8-15(13)19-4/h5-8,12,14,17H,9-11H2,1-4H3. The second-order valence-corrected chi connectivity index (χ2v) is 5.89. The van der Waals surface area contributed by atoms with Crippen LogP contribution in [0.2, 0.25) is 0 Å². The first-order valence-corrected chi connectivity index (χ1v) is 7.85. The van der Waals surface area contributed by atoms with Crippen molar-refractivity contribution in [3.05, 3.63) is 29.8 Å². The summed E-state index contributed by atoms with van der Waals surface area (Å²) in [5.74, 6) is 0. The van der Waals surface area contributed by atoms with Crippen molar-refractivity contribution in [3.8, 4) is 0 Å². The molecule has 0 aliphatic heterocycles. The molecule has 0 amide bonds. The van der Waals surface area contributed by atoms with Crippen LogP contribution in [-0.2, 0) is 11.3 Å². The van der Waals surface area contributed by atoms with E-state index in [2.05, 4.69) is 35.4 Å². The molecular formula is C15H25NO2S. The minimum Gasteiger partial charge on any atom is -0.389 e. The fourth-order valence-electron chi connectivity index (χ4n) is 1.90. The maximum atomic E-state index is 9.90. The van der Waals surface area contributed by atoms with Crippen LogP contribution < -0.4 is 0 Å². The number of hydrogen-bond acceptors (Lipinski definition) is 4. The molecule has 3 nitrogen and oxygen atoms in total. The van der Waals surface area contributed by atoms with Gasteiger partial charge in [0.15, 0.2) is 0 Å². The van der Waals surface area contributed by atoms with Crippen molar-refractivity contribution in [2.24, 2.45) is 0 Å². The highest BCUT2D eigenvalue weighted by atomic mass is 32.2. The number of hydrogen-bond donors (Lipinski definition) is 1. The monoisotopic (exact) mass is 283 g/mol. The van der Waals surface area contributed by atoms with Crippen molar-refractivity contribution in [2.75, 3.05) is 26.5 Å². The Hall–Kier alpha value is -0.550. The third kappa shape index (κ3) is 6.43. The van der Waals surface area contributed by atoms with Gasteiger partial charge in [0, 0.05) is 18.0 Å². The molecular weight excluding hydrogens is 258 g/mol. The molecule has 0 spiro atoms. The molecule has 0 aliphatic carbocycles. The van der Waals surface area contributed by atoms with Gasteiger partial charge < -0.3 is 9.84 Å². The first-order chi connectivity index (χ1) is 9.02. The molecule has 0 aromatic heterocycles. The van der Waals surface area contributed by atoms with Gasteiger partial charge >= 0.3 is 0 Å². The molecule has 1 aromatic rings. The molecule has 0 fully saturated rings. The molecule has 0 heterocycles. The van der Waals surface area contributed by atoms with E-state index >= 15 is 0 Å². The lowest BCUT2D eigenvalue weighted by Gasteiger charge is -2.22. The Kier molecular flexibility index (Phi) is 7.46. The number of ether oxygens (including phenoxy) is 1. The summed E-state index contributed by atoms with van der Waals surface area (Å²) in [7, 11) is 2.02. The SMILES string of the molecule is CSc1ccccc1CN(C)CC(O)COC(C)C. The molecule has 0 saturated carbocycles. The van der Waals surface area contributed by atoms with Crippen LogP contribution in [0.15, 0.2) is 29.2 Å². The zero-order valence-electron chi connectivity index (χ0n) is 12.3. The van der Waals surface area contributed by atoms with Gasteiger partial charge in [-0.3, -0.25) is 4.90 Å². The molecule has 1 unspecified atom stereocenters. The van der Waals surface area contributed by atoms with Crippen molar-refractivity contribution >= 4 is 11.8 Å². The lowest BCUT2D eigenvalue weighted by Crippen LogP contribution is -2.32. The number of aliphatic hydroxyl groups is 1. The summed E-state index contributed by atoms with van der Waals surface area (Å²) < 4.78 is 5.42. The summed E-state index contributed by atoms with van der Waals surface area (Å²) in [5.41, 5.74) is 1.30. The number of thioether (sulfide) groups is 1. The largest absolute Gasteiger partial charge is 0.389 e. The lowest BCUT2D eigenvalue weighted by atomic mass is 10.2. The minimum absolute atomic E-state index is 0.164. The van der Waals surface area contributed by atoms with Crippen molar-refractivity contribution in [1.82, 2.24) is 4.90 Å². The smallest absolute Gasteiger partial charge is 0.0900 e. The normalized spacial score (nSPS) is 13.2. The van der Waals surface area contributed by atoms with E-state index in [0.29, 0.717) is 13.2 Å². The van der Waals surface area contributed by atoms with E-state index in [0.717, 1.165) is 6.54 Å². The first-order valence-electron chi connectivity index (χ1n) is 6.63. The lowest BCUT2D eigenvalue weighted by molar-refractivity contribution is -0.00641. The second kappa shape index (κ2) is 8.59. The van der Waals surface area contributed by atoms with Crippen LogP contribution in [0.25, 0.3) is 0 Å². The van der Waals surface area contributed by atoms with Crippen LogP contribution in [0.1, 0.15) is 19.4 Å². The van der Waals surface area contributed by atoms with Gasteiger partial charge in [-0.2, -0.15) is 0 Å². The predicted molar refractivity (Wildman–Crippen MR) is 81.7 cm³/mol. The topological polar surface area (TPSA) is 32.7 Å². The number of aliphatic hydroxyl groups excluding tert-OH is 1. The fourth-order valence-corrected chi connectivity index (χ4v) is 2.51. The van der Waals surface area contributed by atoms with Crippen molar-refractivity contribution in [1.29, 1.82) is 0 Å². The summed E-state index contributed by atoms with van der Waals surface area (Å²) in [4.78, 5) is 3.42. The van der Waals surface area contributed by atoms with E-state index in [9.17, 15) is 5.11 Å². The number of nitrogens with zero attached hydrogens (tertiary/aromatic N) is 1. The van der Waals surface area contributed by atoms with E-state index in [1.807, 2.05) is 20.9 Å². The molecule has 0 radical (unpaired) electrons. The Bertz CT molecular complexity index is 371. The van der Waals surface area contributed by atoms with Crippen LogP contribution >= 0.6 is 11.8 Å². The average molecular weight is 283 g/mol. The third-order valence-corrected chi connectivity index (χ3v) is 3.62. The molecule has 1 N–H and O–H groups in total. The number of benzene rings is 1. The van der Waals surface area contributed by atoms with E-state index in [-0.39, 0.29) is 6.10 Å². The van der Waals surface area contributed by atoms with E-state index in [4.69, 9.17) is 4.74 Å². The van der Waals surface area contributed by atoms with Gasteiger partial charge in [-0.05, 0) is 38.8 Å². The highest BCUT2D eigenvalue weighted by molar-refractivity contribution is 7.98. The third-order valence-electron chi connectivity index (χ3n) is 2.78. The number of rotatable bonds is 8. The molecule has 0 saturated heterocycles. The summed E-state index contributed by atoms with van der Waals surface area (Å²) in [6.07, 6.45) is 1.82. The highest BCUT2D eigenvalue weighted by Gasteiger charge is 2.11. The van der Waals surface area contributed by atoms with Crippen LogP contribution in [0, 0.1) is 0 Å².